The van der Waals surface area contributed by atoms with Crippen LogP contribution in [0.5, 0.6) is 0 Å². The van der Waals surface area contributed by atoms with Crippen LogP contribution < -0.4 is 0 Å². The number of hydrogen-bond donors (Lipinski definition) is 2. The third-order valence-electron chi connectivity index (χ3n) is 10.1. The van der Waals surface area contributed by atoms with E-state index in [4.69, 9.17) is 0 Å². The maximum absolute atomic E-state index is 12.1. The van der Waals surface area contributed by atoms with Gasteiger partial charge >= 0.3 is 0 Å². The summed E-state index contributed by atoms with van der Waals surface area (Å²) in [4.78, 5) is 12.1. The minimum absolute atomic E-state index is 0.138. The van der Waals surface area contributed by atoms with Gasteiger partial charge in [0.1, 0.15) is 0 Å². The van der Waals surface area contributed by atoms with Crippen LogP contribution in [0.4, 0.5) is 0 Å². The Balaban J connectivity index is 1.23. The van der Waals surface area contributed by atoms with Gasteiger partial charge in [0.25, 0.3) is 0 Å². The van der Waals surface area contributed by atoms with Gasteiger partial charge in [-0.15, -0.1) is 0 Å². The molecule has 2 aromatic rings. The molecule has 280 valence electrons. The van der Waals surface area contributed by atoms with Crippen LogP contribution in [0.3, 0.4) is 0 Å². The molecular weight excluding hydrogens is 613 g/mol. The SMILES string of the molecule is O=C(C=CCCCCCCCCCCCCCCC(O)c1ccccc1)C=CCCCCCCCCCCCCCCC(O)c1ccccc1. The molecule has 2 N–H and O–H groups in total. The monoisotopic (exact) mass is 687 g/mol. The average Bonchev–Trinajstić information content (AvgIpc) is 3.14. The summed E-state index contributed by atoms with van der Waals surface area (Å²) in [6.07, 6.45) is 41.8. The van der Waals surface area contributed by atoms with E-state index in [1.54, 1.807) is 12.2 Å². The Morgan fingerprint density at radius 2 is 0.660 bits per heavy atom. The van der Waals surface area contributed by atoms with Gasteiger partial charge in [0.05, 0.1) is 12.2 Å². The minimum Gasteiger partial charge on any atom is -0.388 e. The second-order valence-electron chi connectivity index (χ2n) is 14.7. The number of carbonyl (C=O) groups excluding carboxylic acids is 1. The standard InChI is InChI=1S/C47H74O3/c48-45(39-31-21-17-13-9-5-1-3-7-11-15-19-23-33-41-46(49)43-35-27-25-28-36-43)40-32-22-18-14-10-6-2-4-8-12-16-20-24-34-42-47(50)44-37-29-26-30-38-44/h25-32,35-40,46-47,49-50H,1-24,33-34,41-42H2. The van der Waals surface area contributed by atoms with Crippen LogP contribution in [-0.4, -0.2) is 16.0 Å². The molecule has 0 heterocycles. The van der Waals surface area contributed by atoms with Gasteiger partial charge in [0, 0.05) is 0 Å². The molecule has 0 saturated heterocycles. The lowest BCUT2D eigenvalue weighted by Gasteiger charge is -2.10. The molecule has 0 aromatic heterocycles. The Kier molecular flexibility index (Phi) is 28.3. The molecule has 2 aromatic carbocycles. The molecule has 3 heteroatoms. The molecular formula is C47H74O3. The largest absolute Gasteiger partial charge is 0.388 e. The van der Waals surface area contributed by atoms with Crippen molar-refractivity contribution in [1.29, 1.82) is 0 Å². The highest BCUT2D eigenvalue weighted by Crippen LogP contribution is 2.22. The Morgan fingerprint density at radius 3 is 0.960 bits per heavy atom. The van der Waals surface area contributed by atoms with Gasteiger partial charge in [-0.25, -0.2) is 0 Å². The number of ketones is 1. The lowest BCUT2D eigenvalue weighted by atomic mass is 10.0. The van der Waals surface area contributed by atoms with E-state index >= 15 is 0 Å². The third kappa shape index (κ3) is 25.5. The number of aliphatic hydroxyl groups is 2. The van der Waals surface area contributed by atoms with Crippen LogP contribution in [0, 0.1) is 0 Å². The Morgan fingerprint density at radius 1 is 0.400 bits per heavy atom. The topological polar surface area (TPSA) is 57.5 Å². The van der Waals surface area contributed by atoms with Crippen LogP contribution >= 0.6 is 0 Å². The van der Waals surface area contributed by atoms with E-state index in [9.17, 15) is 15.0 Å². The first kappa shape index (κ1) is 43.7. The predicted molar refractivity (Wildman–Crippen MR) is 215 cm³/mol. The molecule has 2 atom stereocenters. The fraction of sp³-hybridized carbons (Fsp3) is 0.638. The molecule has 3 nitrogen and oxygen atoms in total. The lowest BCUT2D eigenvalue weighted by molar-refractivity contribution is -0.110. The van der Waals surface area contributed by atoms with Crippen molar-refractivity contribution in [1.82, 2.24) is 0 Å². The average molecular weight is 687 g/mol. The summed E-state index contributed by atoms with van der Waals surface area (Å²) in [6.45, 7) is 0. The summed E-state index contributed by atoms with van der Waals surface area (Å²) in [7, 11) is 0. The van der Waals surface area contributed by atoms with E-state index in [1.807, 2.05) is 60.7 Å². The molecule has 2 unspecified atom stereocenters. The summed E-state index contributed by atoms with van der Waals surface area (Å²) in [5.74, 6) is 0.138. The summed E-state index contributed by atoms with van der Waals surface area (Å²) < 4.78 is 0. The second kappa shape index (κ2) is 32.4. The molecule has 0 bridgehead atoms. The molecule has 2 rings (SSSR count). The summed E-state index contributed by atoms with van der Waals surface area (Å²) >= 11 is 0. The summed E-state index contributed by atoms with van der Waals surface area (Å²) in [5, 5.41) is 20.5. The summed E-state index contributed by atoms with van der Waals surface area (Å²) in [6, 6.07) is 20.1. The molecule has 0 saturated carbocycles. The van der Waals surface area contributed by atoms with Crippen molar-refractivity contribution in [2.75, 3.05) is 0 Å². The number of rotatable bonds is 34. The normalized spacial score (nSPS) is 13.0. The van der Waals surface area contributed by atoms with Crippen molar-refractivity contribution in [2.45, 2.75) is 192 Å². The lowest BCUT2D eigenvalue weighted by Crippen LogP contribution is -1.96. The highest BCUT2D eigenvalue weighted by molar-refractivity contribution is 5.99. The van der Waals surface area contributed by atoms with Gasteiger partial charge < -0.3 is 10.2 Å². The van der Waals surface area contributed by atoms with Crippen LogP contribution in [0.2, 0.25) is 0 Å². The Labute approximate surface area is 308 Å². The number of allylic oxidation sites excluding steroid dienone is 4. The maximum atomic E-state index is 12.1. The van der Waals surface area contributed by atoms with E-state index in [0.29, 0.717) is 0 Å². The number of unbranched alkanes of at least 4 members (excludes halogenated alkanes) is 24. The van der Waals surface area contributed by atoms with E-state index in [2.05, 4.69) is 12.2 Å². The molecule has 50 heavy (non-hydrogen) atoms. The number of benzene rings is 2. The van der Waals surface area contributed by atoms with Crippen LogP contribution in [0.1, 0.15) is 203 Å². The van der Waals surface area contributed by atoms with E-state index < -0.39 is 0 Å². The maximum Gasteiger partial charge on any atom is 0.177 e. The van der Waals surface area contributed by atoms with Crippen molar-refractivity contribution in [3.8, 4) is 0 Å². The third-order valence-corrected chi connectivity index (χ3v) is 10.1. The van der Waals surface area contributed by atoms with Crippen LogP contribution in [0.15, 0.2) is 85.0 Å². The molecule has 0 radical (unpaired) electrons. The first-order valence-electron chi connectivity index (χ1n) is 21.0. The Hall–Kier alpha value is -2.49. The van der Waals surface area contributed by atoms with Crippen molar-refractivity contribution in [3.63, 3.8) is 0 Å². The number of hydrogen-bond acceptors (Lipinski definition) is 3. The van der Waals surface area contributed by atoms with Crippen molar-refractivity contribution in [3.05, 3.63) is 96.1 Å². The molecule has 0 amide bonds. The second-order valence-corrected chi connectivity index (χ2v) is 14.7. The molecule has 0 aliphatic heterocycles. The molecule has 0 fully saturated rings. The van der Waals surface area contributed by atoms with E-state index in [1.165, 1.54) is 141 Å². The zero-order valence-electron chi connectivity index (χ0n) is 31.8. The first-order valence-corrected chi connectivity index (χ1v) is 21.0. The quantitative estimate of drug-likeness (QED) is 0.0569. The van der Waals surface area contributed by atoms with Gasteiger partial charge in [-0.1, -0.05) is 214 Å². The summed E-state index contributed by atoms with van der Waals surface area (Å²) in [5.41, 5.74) is 2.09. The fourth-order valence-corrected chi connectivity index (χ4v) is 6.87. The van der Waals surface area contributed by atoms with Gasteiger partial charge in [0.2, 0.25) is 0 Å². The van der Waals surface area contributed by atoms with Gasteiger partial charge in [-0.2, -0.15) is 0 Å². The van der Waals surface area contributed by atoms with Crippen LogP contribution in [-0.2, 0) is 4.79 Å². The number of carbonyl (C=O) groups is 1. The van der Waals surface area contributed by atoms with Gasteiger partial charge in [0.15, 0.2) is 5.78 Å². The zero-order chi connectivity index (χ0) is 35.6. The van der Waals surface area contributed by atoms with E-state index in [0.717, 1.165) is 49.7 Å². The van der Waals surface area contributed by atoms with Crippen molar-refractivity contribution >= 4 is 5.78 Å². The first-order chi connectivity index (χ1) is 24.7. The smallest absolute Gasteiger partial charge is 0.177 e. The van der Waals surface area contributed by atoms with Crippen molar-refractivity contribution < 1.29 is 15.0 Å². The van der Waals surface area contributed by atoms with E-state index in [-0.39, 0.29) is 18.0 Å². The molecule has 0 aliphatic carbocycles. The Bertz CT molecular complexity index is 991. The minimum atomic E-state index is -0.306. The zero-order valence-corrected chi connectivity index (χ0v) is 31.8. The van der Waals surface area contributed by atoms with Gasteiger partial charge in [-0.3, -0.25) is 4.79 Å². The molecule has 0 spiro atoms. The highest BCUT2D eigenvalue weighted by atomic mass is 16.3. The predicted octanol–water partition coefficient (Wildman–Crippen LogP) is 14.1. The number of aliphatic hydroxyl groups excluding tert-OH is 2. The molecule has 0 aliphatic rings. The fourth-order valence-electron chi connectivity index (χ4n) is 6.87. The van der Waals surface area contributed by atoms with Crippen molar-refractivity contribution in [2.24, 2.45) is 0 Å². The van der Waals surface area contributed by atoms with Crippen LogP contribution in [0.25, 0.3) is 0 Å². The van der Waals surface area contributed by atoms with Gasteiger partial charge in [-0.05, 0) is 61.8 Å². The highest BCUT2D eigenvalue weighted by Gasteiger charge is 2.07.